The summed E-state index contributed by atoms with van der Waals surface area (Å²) in [6.07, 6.45) is 4.65. The summed E-state index contributed by atoms with van der Waals surface area (Å²) >= 11 is 0. The van der Waals surface area contributed by atoms with Crippen LogP contribution in [0.25, 0.3) is 0 Å². The molecule has 1 saturated carbocycles. The number of aliphatic carboxylic acids is 1. The van der Waals surface area contributed by atoms with Crippen molar-refractivity contribution in [2.75, 3.05) is 5.73 Å². The quantitative estimate of drug-likeness (QED) is 0.582. The first-order valence-corrected chi connectivity index (χ1v) is 6.95. The van der Waals surface area contributed by atoms with Crippen LogP contribution in [-0.4, -0.2) is 22.5 Å². The number of benzene rings is 1. The number of anilines is 1. The molecule has 1 aromatic carbocycles. The van der Waals surface area contributed by atoms with Crippen LogP contribution in [0, 0.1) is 0 Å². The van der Waals surface area contributed by atoms with Gasteiger partial charge in [-0.25, -0.2) is 4.79 Å². The van der Waals surface area contributed by atoms with Crippen molar-refractivity contribution >= 4 is 17.6 Å². The smallest absolute Gasteiger partial charge is 0.329 e. The predicted octanol–water partition coefficient (Wildman–Crippen LogP) is 2.18. The van der Waals surface area contributed by atoms with Crippen molar-refractivity contribution in [3.05, 3.63) is 29.8 Å². The molecule has 0 spiro atoms. The van der Waals surface area contributed by atoms with Gasteiger partial charge in [-0.15, -0.1) is 0 Å². The van der Waals surface area contributed by atoms with Crippen molar-refractivity contribution in [2.24, 2.45) is 0 Å². The number of hydrogen-bond acceptors (Lipinski definition) is 3. The van der Waals surface area contributed by atoms with Gasteiger partial charge in [-0.1, -0.05) is 31.7 Å². The first-order valence-electron chi connectivity index (χ1n) is 6.95. The third-order valence-corrected chi connectivity index (χ3v) is 3.87. The highest BCUT2D eigenvalue weighted by Crippen LogP contribution is 2.28. The Labute approximate surface area is 118 Å². The maximum atomic E-state index is 12.3. The molecule has 4 N–H and O–H groups in total. The minimum Gasteiger partial charge on any atom is -0.480 e. The third-order valence-electron chi connectivity index (χ3n) is 3.87. The molecule has 5 heteroatoms. The Hall–Kier alpha value is -2.04. The molecular weight excluding hydrogens is 256 g/mol. The summed E-state index contributed by atoms with van der Waals surface area (Å²) in [7, 11) is 0. The van der Waals surface area contributed by atoms with Gasteiger partial charge in [-0.05, 0) is 31.0 Å². The molecule has 108 valence electrons. The van der Waals surface area contributed by atoms with Crippen molar-refractivity contribution in [3.8, 4) is 0 Å². The van der Waals surface area contributed by atoms with Crippen LogP contribution in [0.5, 0.6) is 0 Å². The number of nitrogens with one attached hydrogen (secondary N) is 1. The lowest BCUT2D eigenvalue weighted by Gasteiger charge is -2.29. The first kappa shape index (κ1) is 14.4. The summed E-state index contributed by atoms with van der Waals surface area (Å²) in [6.45, 7) is 0. The van der Waals surface area contributed by atoms with E-state index >= 15 is 0 Å². The molecule has 1 aliphatic carbocycles. The Morgan fingerprint density at radius 2 is 1.80 bits per heavy atom. The van der Waals surface area contributed by atoms with Crippen molar-refractivity contribution in [1.82, 2.24) is 5.32 Å². The average molecular weight is 276 g/mol. The number of amides is 1. The molecule has 0 saturated heterocycles. The van der Waals surface area contributed by atoms with Crippen LogP contribution in [0.3, 0.4) is 0 Å². The fourth-order valence-electron chi connectivity index (χ4n) is 2.69. The van der Waals surface area contributed by atoms with Gasteiger partial charge in [0.2, 0.25) is 0 Å². The lowest BCUT2D eigenvalue weighted by molar-refractivity contribution is -0.145. The van der Waals surface area contributed by atoms with Crippen LogP contribution in [-0.2, 0) is 4.79 Å². The summed E-state index contributed by atoms with van der Waals surface area (Å²) in [5, 5.41) is 12.2. The molecular formula is C15H20N2O3. The summed E-state index contributed by atoms with van der Waals surface area (Å²) in [6, 6.07) is 6.57. The molecule has 0 bridgehead atoms. The fraction of sp³-hybridized carbons (Fsp3) is 0.467. The van der Waals surface area contributed by atoms with E-state index in [1.807, 2.05) is 0 Å². The number of carboxylic acids is 1. The van der Waals surface area contributed by atoms with Gasteiger partial charge >= 0.3 is 5.97 Å². The van der Waals surface area contributed by atoms with Gasteiger partial charge < -0.3 is 16.2 Å². The zero-order valence-corrected chi connectivity index (χ0v) is 11.4. The summed E-state index contributed by atoms with van der Waals surface area (Å²) < 4.78 is 0. The molecule has 1 aromatic rings. The zero-order chi connectivity index (χ0) is 14.6. The number of rotatable bonds is 3. The molecule has 1 amide bonds. The van der Waals surface area contributed by atoms with E-state index < -0.39 is 11.5 Å². The lowest BCUT2D eigenvalue weighted by Crippen LogP contribution is -2.54. The molecule has 0 atom stereocenters. The third kappa shape index (κ3) is 3.10. The van der Waals surface area contributed by atoms with Gasteiger partial charge in [0, 0.05) is 11.3 Å². The number of carboxylic acid groups (broad SMARTS) is 1. The minimum atomic E-state index is -1.14. The number of nitrogens with two attached hydrogens (primary N) is 1. The SMILES string of the molecule is Nc1cccc(C(=O)NC2(C(=O)O)CCCCCC2)c1. The van der Waals surface area contributed by atoms with E-state index in [9.17, 15) is 14.7 Å². The lowest BCUT2D eigenvalue weighted by atomic mass is 9.90. The minimum absolute atomic E-state index is 0.374. The maximum absolute atomic E-state index is 12.3. The average Bonchev–Trinajstić information content (AvgIpc) is 2.65. The van der Waals surface area contributed by atoms with Gasteiger partial charge in [-0.2, -0.15) is 0 Å². The molecule has 0 aromatic heterocycles. The van der Waals surface area contributed by atoms with Gasteiger partial charge in [0.15, 0.2) is 0 Å². The highest BCUT2D eigenvalue weighted by Gasteiger charge is 2.40. The molecule has 2 rings (SSSR count). The Morgan fingerprint density at radius 3 is 2.35 bits per heavy atom. The monoisotopic (exact) mass is 276 g/mol. The molecule has 5 nitrogen and oxygen atoms in total. The van der Waals surface area contributed by atoms with E-state index in [0.29, 0.717) is 24.1 Å². The second-order valence-corrected chi connectivity index (χ2v) is 5.38. The van der Waals surface area contributed by atoms with E-state index in [-0.39, 0.29) is 5.91 Å². The maximum Gasteiger partial charge on any atom is 0.329 e. The number of carbonyl (C=O) groups is 2. The number of carbonyl (C=O) groups excluding carboxylic acids is 1. The predicted molar refractivity (Wildman–Crippen MR) is 76.4 cm³/mol. The van der Waals surface area contributed by atoms with Gasteiger partial charge in [0.25, 0.3) is 5.91 Å². The highest BCUT2D eigenvalue weighted by atomic mass is 16.4. The fourth-order valence-corrected chi connectivity index (χ4v) is 2.69. The Kier molecular flexibility index (Phi) is 4.27. The summed E-state index contributed by atoms with van der Waals surface area (Å²) in [4.78, 5) is 23.9. The highest BCUT2D eigenvalue weighted by molar-refractivity contribution is 5.98. The van der Waals surface area contributed by atoms with Crippen molar-refractivity contribution in [3.63, 3.8) is 0 Å². The second-order valence-electron chi connectivity index (χ2n) is 5.38. The van der Waals surface area contributed by atoms with Crippen LogP contribution < -0.4 is 11.1 Å². The van der Waals surface area contributed by atoms with Crippen LogP contribution >= 0.6 is 0 Å². The zero-order valence-electron chi connectivity index (χ0n) is 11.4. The topological polar surface area (TPSA) is 92.4 Å². The van der Waals surface area contributed by atoms with Crippen LogP contribution in [0.2, 0.25) is 0 Å². The molecule has 20 heavy (non-hydrogen) atoms. The van der Waals surface area contributed by atoms with E-state index in [2.05, 4.69) is 5.32 Å². The molecule has 1 aliphatic rings. The van der Waals surface area contributed by atoms with Crippen LogP contribution in [0.4, 0.5) is 5.69 Å². The number of nitrogen functional groups attached to an aromatic ring is 1. The summed E-state index contributed by atoms with van der Waals surface area (Å²) in [5.74, 6) is -1.32. The van der Waals surface area contributed by atoms with E-state index in [1.165, 1.54) is 0 Å². The Bertz CT molecular complexity index is 506. The van der Waals surface area contributed by atoms with E-state index in [0.717, 1.165) is 25.7 Å². The van der Waals surface area contributed by atoms with Crippen molar-refractivity contribution in [1.29, 1.82) is 0 Å². The molecule has 0 aliphatic heterocycles. The summed E-state index contributed by atoms with van der Waals surface area (Å²) in [5.41, 5.74) is 5.40. The van der Waals surface area contributed by atoms with Crippen molar-refractivity contribution < 1.29 is 14.7 Å². The van der Waals surface area contributed by atoms with Crippen molar-refractivity contribution in [2.45, 2.75) is 44.1 Å². The largest absolute Gasteiger partial charge is 0.480 e. The molecule has 0 unspecified atom stereocenters. The standard InChI is InChI=1S/C15H20N2O3/c16-12-7-5-6-11(10-12)13(18)17-15(14(19)20)8-3-1-2-4-9-15/h5-7,10H,1-4,8-9,16H2,(H,17,18)(H,19,20). The molecule has 1 fully saturated rings. The van der Waals surface area contributed by atoms with Gasteiger partial charge in [0.1, 0.15) is 5.54 Å². The van der Waals surface area contributed by atoms with Gasteiger partial charge in [0.05, 0.1) is 0 Å². The normalized spacial score (nSPS) is 18.0. The number of hydrogen-bond donors (Lipinski definition) is 3. The Morgan fingerprint density at radius 1 is 1.15 bits per heavy atom. The first-order chi connectivity index (χ1) is 9.53. The van der Waals surface area contributed by atoms with Crippen LogP contribution in [0.15, 0.2) is 24.3 Å². The van der Waals surface area contributed by atoms with E-state index in [1.54, 1.807) is 24.3 Å². The second kappa shape index (κ2) is 5.94. The Balaban J connectivity index is 2.19. The van der Waals surface area contributed by atoms with E-state index in [4.69, 9.17) is 5.73 Å². The molecule has 0 radical (unpaired) electrons. The van der Waals surface area contributed by atoms with Gasteiger partial charge in [-0.3, -0.25) is 4.79 Å². The van der Waals surface area contributed by atoms with Crippen LogP contribution in [0.1, 0.15) is 48.9 Å². The molecule has 0 heterocycles.